The van der Waals surface area contributed by atoms with E-state index in [9.17, 15) is 0 Å². The lowest BCUT2D eigenvalue weighted by molar-refractivity contribution is 0.779. The van der Waals surface area contributed by atoms with Crippen LogP contribution in [0, 0.1) is 5.92 Å². The van der Waals surface area contributed by atoms with Crippen molar-refractivity contribution < 1.29 is 0 Å². The summed E-state index contributed by atoms with van der Waals surface area (Å²) in [4.78, 5) is 8.87. The van der Waals surface area contributed by atoms with Crippen LogP contribution in [-0.4, -0.2) is 9.97 Å². The highest BCUT2D eigenvalue weighted by atomic mass is 15.0. The van der Waals surface area contributed by atoms with Crippen LogP contribution in [0.1, 0.15) is 43.1 Å². The number of nitrogen functional groups attached to an aromatic ring is 1. The van der Waals surface area contributed by atoms with Gasteiger partial charge in [0.2, 0.25) is 0 Å². The molecule has 2 N–H and O–H groups in total. The molecule has 2 aliphatic rings. The van der Waals surface area contributed by atoms with Gasteiger partial charge < -0.3 is 5.73 Å². The molecule has 1 aromatic rings. The van der Waals surface area contributed by atoms with Crippen molar-refractivity contribution in [1.82, 2.24) is 9.97 Å². The van der Waals surface area contributed by atoms with Crippen LogP contribution in [0.5, 0.6) is 0 Å². The molecular weight excluding hydrogens is 174 g/mol. The van der Waals surface area contributed by atoms with E-state index in [1.165, 1.54) is 25.7 Å². The molecule has 1 aromatic heterocycles. The number of hydrogen-bond donors (Lipinski definition) is 1. The lowest BCUT2D eigenvalue weighted by atomic mass is 10.2. The van der Waals surface area contributed by atoms with Crippen LogP contribution in [-0.2, 0) is 6.42 Å². The minimum absolute atomic E-state index is 0.608. The zero-order chi connectivity index (χ0) is 9.54. The molecule has 3 heteroatoms. The quantitative estimate of drug-likeness (QED) is 0.790. The summed E-state index contributed by atoms with van der Waals surface area (Å²) in [5, 5.41) is 0. The monoisotopic (exact) mass is 189 g/mol. The number of hydrogen-bond acceptors (Lipinski definition) is 3. The van der Waals surface area contributed by atoms with E-state index in [4.69, 9.17) is 5.73 Å². The molecule has 0 bridgehead atoms. The largest absolute Gasteiger partial charge is 0.384 e. The highest BCUT2D eigenvalue weighted by Gasteiger charge is 2.28. The van der Waals surface area contributed by atoms with Crippen molar-refractivity contribution in [2.75, 3.05) is 5.73 Å². The predicted octanol–water partition coefficient (Wildman–Crippen LogP) is 1.89. The number of anilines is 1. The van der Waals surface area contributed by atoms with Crippen molar-refractivity contribution in [1.29, 1.82) is 0 Å². The average Bonchev–Trinajstić information content (AvgIpc) is 2.99. The summed E-state index contributed by atoms with van der Waals surface area (Å²) in [7, 11) is 0. The first kappa shape index (κ1) is 8.21. The molecule has 2 saturated carbocycles. The van der Waals surface area contributed by atoms with Crippen molar-refractivity contribution in [3.8, 4) is 0 Å². The van der Waals surface area contributed by atoms with Gasteiger partial charge in [0, 0.05) is 17.7 Å². The molecule has 2 aliphatic carbocycles. The number of nitrogens with two attached hydrogens (primary N) is 1. The summed E-state index contributed by atoms with van der Waals surface area (Å²) in [6, 6.07) is 1.93. The van der Waals surface area contributed by atoms with E-state index in [0.717, 1.165) is 23.9 Å². The number of nitrogens with zero attached hydrogens (tertiary/aromatic N) is 2. The van der Waals surface area contributed by atoms with Crippen molar-refractivity contribution in [3.63, 3.8) is 0 Å². The Bertz CT molecular complexity index is 354. The smallest absolute Gasteiger partial charge is 0.134 e. The maximum Gasteiger partial charge on any atom is 0.134 e. The Morgan fingerprint density at radius 3 is 2.64 bits per heavy atom. The van der Waals surface area contributed by atoms with Gasteiger partial charge >= 0.3 is 0 Å². The first-order valence-corrected chi connectivity index (χ1v) is 5.44. The van der Waals surface area contributed by atoms with Crippen LogP contribution in [0.3, 0.4) is 0 Å². The normalized spacial score (nSPS) is 21.1. The molecule has 14 heavy (non-hydrogen) atoms. The first-order valence-electron chi connectivity index (χ1n) is 5.44. The molecule has 0 aliphatic heterocycles. The Labute approximate surface area is 83.8 Å². The van der Waals surface area contributed by atoms with Gasteiger partial charge in [-0.2, -0.15) is 0 Å². The van der Waals surface area contributed by atoms with E-state index < -0.39 is 0 Å². The van der Waals surface area contributed by atoms with E-state index >= 15 is 0 Å². The van der Waals surface area contributed by atoms with Gasteiger partial charge in [-0.05, 0) is 38.0 Å². The van der Waals surface area contributed by atoms with E-state index in [1.807, 2.05) is 6.07 Å². The third-order valence-corrected chi connectivity index (χ3v) is 2.95. The molecule has 0 aromatic carbocycles. The van der Waals surface area contributed by atoms with Gasteiger partial charge in [0.05, 0.1) is 0 Å². The van der Waals surface area contributed by atoms with Gasteiger partial charge in [-0.1, -0.05) is 0 Å². The average molecular weight is 189 g/mol. The van der Waals surface area contributed by atoms with E-state index in [-0.39, 0.29) is 0 Å². The van der Waals surface area contributed by atoms with Crippen LogP contribution in [0.15, 0.2) is 6.07 Å². The maximum absolute atomic E-state index is 5.77. The zero-order valence-electron chi connectivity index (χ0n) is 8.24. The third kappa shape index (κ3) is 1.72. The topological polar surface area (TPSA) is 51.8 Å². The molecule has 74 valence electrons. The van der Waals surface area contributed by atoms with Crippen molar-refractivity contribution >= 4 is 5.82 Å². The molecule has 0 atom stereocenters. The van der Waals surface area contributed by atoms with Crippen LogP contribution < -0.4 is 5.73 Å². The van der Waals surface area contributed by atoms with Crippen LogP contribution in [0.2, 0.25) is 0 Å². The highest BCUT2D eigenvalue weighted by molar-refractivity contribution is 5.31. The standard InChI is InChI=1S/C11H15N3/c12-10-6-9(5-7-1-2-7)13-11(14-10)8-3-4-8/h6-8H,1-5H2,(H2,12,13,14). The molecule has 0 amide bonds. The van der Waals surface area contributed by atoms with Gasteiger partial charge in [0.25, 0.3) is 0 Å². The third-order valence-electron chi connectivity index (χ3n) is 2.95. The molecule has 0 unspecified atom stereocenters. The van der Waals surface area contributed by atoms with Gasteiger partial charge in [-0.3, -0.25) is 0 Å². The molecule has 3 rings (SSSR count). The zero-order valence-corrected chi connectivity index (χ0v) is 8.24. The van der Waals surface area contributed by atoms with Crippen molar-refractivity contribution in [3.05, 3.63) is 17.6 Å². The SMILES string of the molecule is Nc1cc(CC2CC2)nc(C2CC2)n1. The first-order chi connectivity index (χ1) is 6.81. The molecule has 3 nitrogen and oxygen atoms in total. The second kappa shape index (κ2) is 2.94. The second-order valence-electron chi connectivity index (χ2n) is 4.56. The van der Waals surface area contributed by atoms with Gasteiger partial charge in [0.1, 0.15) is 11.6 Å². The van der Waals surface area contributed by atoms with Crippen molar-refractivity contribution in [2.45, 2.75) is 38.0 Å². The Morgan fingerprint density at radius 1 is 1.21 bits per heavy atom. The summed E-state index contributed by atoms with van der Waals surface area (Å²) >= 11 is 0. The maximum atomic E-state index is 5.77. The fourth-order valence-corrected chi connectivity index (χ4v) is 1.79. The van der Waals surface area contributed by atoms with Crippen LogP contribution in [0.4, 0.5) is 5.82 Å². The summed E-state index contributed by atoms with van der Waals surface area (Å²) in [5.41, 5.74) is 6.92. The summed E-state index contributed by atoms with van der Waals surface area (Å²) in [5.74, 6) is 3.12. The molecule has 0 radical (unpaired) electrons. The lowest BCUT2D eigenvalue weighted by Crippen LogP contribution is -2.03. The minimum atomic E-state index is 0.608. The predicted molar refractivity (Wildman–Crippen MR) is 54.8 cm³/mol. The summed E-state index contributed by atoms with van der Waals surface area (Å²) in [6.45, 7) is 0. The Balaban J connectivity index is 1.85. The van der Waals surface area contributed by atoms with E-state index in [1.54, 1.807) is 0 Å². The van der Waals surface area contributed by atoms with Crippen molar-refractivity contribution in [2.24, 2.45) is 5.92 Å². The minimum Gasteiger partial charge on any atom is -0.384 e. The number of rotatable bonds is 3. The fraction of sp³-hybridized carbons (Fsp3) is 0.636. The van der Waals surface area contributed by atoms with E-state index in [2.05, 4.69) is 9.97 Å². The Kier molecular flexibility index (Phi) is 1.72. The van der Waals surface area contributed by atoms with Gasteiger partial charge in [-0.25, -0.2) is 9.97 Å². The molecule has 2 fully saturated rings. The Hall–Kier alpha value is -1.12. The Morgan fingerprint density at radius 2 is 2.00 bits per heavy atom. The van der Waals surface area contributed by atoms with Gasteiger partial charge in [0.15, 0.2) is 0 Å². The molecule has 0 spiro atoms. The molecule has 1 heterocycles. The van der Waals surface area contributed by atoms with Crippen LogP contribution in [0.25, 0.3) is 0 Å². The molecular formula is C11H15N3. The second-order valence-corrected chi connectivity index (χ2v) is 4.56. The summed E-state index contributed by atoms with van der Waals surface area (Å²) < 4.78 is 0. The lowest BCUT2D eigenvalue weighted by Gasteiger charge is -2.03. The molecule has 0 saturated heterocycles. The van der Waals surface area contributed by atoms with Gasteiger partial charge in [-0.15, -0.1) is 0 Å². The number of aromatic nitrogens is 2. The summed E-state index contributed by atoms with van der Waals surface area (Å²) in [6.07, 6.45) is 6.32. The highest BCUT2D eigenvalue weighted by Crippen LogP contribution is 2.39. The van der Waals surface area contributed by atoms with Crippen LogP contribution >= 0.6 is 0 Å². The fourth-order valence-electron chi connectivity index (χ4n) is 1.79. The van der Waals surface area contributed by atoms with E-state index in [0.29, 0.717) is 11.7 Å².